The summed E-state index contributed by atoms with van der Waals surface area (Å²) in [5.41, 5.74) is 5.36. The van der Waals surface area contributed by atoms with Crippen molar-refractivity contribution in [2.45, 2.75) is 37.0 Å². The minimum atomic E-state index is -0.257. The number of rotatable bonds is 5. The van der Waals surface area contributed by atoms with Crippen LogP contribution in [0.3, 0.4) is 0 Å². The first-order valence-electron chi connectivity index (χ1n) is 14.1. The van der Waals surface area contributed by atoms with Gasteiger partial charge < -0.3 is 15.0 Å². The van der Waals surface area contributed by atoms with Crippen molar-refractivity contribution in [1.29, 1.82) is 0 Å². The Labute approximate surface area is 228 Å². The quantitative estimate of drug-likeness (QED) is 0.462. The van der Waals surface area contributed by atoms with Gasteiger partial charge in [-0.15, -0.1) is 0 Å². The SMILES string of the molecule is O=C(CC1CC2(CCN(C(=O)C3[C@H]4COC[C@@H]34)CC2)c2ccccc21)Nc1ccc(-c2ccc(F)cc2)cc1. The molecular weight excluding hydrogens is 491 g/mol. The zero-order valence-electron chi connectivity index (χ0n) is 21.9. The maximum Gasteiger partial charge on any atom is 0.226 e. The molecule has 7 rings (SSSR count). The molecule has 0 radical (unpaired) electrons. The second kappa shape index (κ2) is 9.60. The van der Waals surface area contributed by atoms with E-state index in [4.69, 9.17) is 4.74 Å². The Hall–Kier alpha value is -3.51. The Kier molecular flexibility index (Phi) is 6.03. The van der Waals surface area contributed by atoms with Gasteiger partial charge in [0.05, 0.1) is 13.2 Å². The molecule has 0 bridgehead atoms. The number of hydrogen-bond donors (Lipinski definition) is 1. The lowest BCUT2D eigenvalue weighted by Crippen LogP contribution is -2.45. The molecule has 0 aromatic heterocycles. The fourth-order valence-electron chi connectivity index (χ4n) is 7.48. The van der Waals surface area contributed by atoms with Gasteiger partial charge in [-0.2, -0.15) is 0 Å². The van der Waals surface area contributed by atoms with E-state index < -0.39 is 0 Å². The van der Waals surface area contributed by atoms with E-state index in [1.165, 1.54) is 23.3 Å². The van der Waals surface area contributed by atoms with E-state index in [-0.39, 0.29) is 29.0 Å². The van der Waals surface area contributed by atoms with Crippen LogP contribution in [0, 0.1) is 23.6 Å². The number of likely N-dealkylation sites (tertiary alicyclic amines) is 1. The monoisotopic (exact) mass is 524 g/mol. The Bertz CT molecular complexity index is 1390. The highest BCUT2D eigenvalue weighted by molar-refractivity contribution is 5.91. The van der Waals surface area contributed by atoms with Crippen LogP contribution in [0.25, 0.3) is 11.1 Å². The van der Waals surface area contributed by atoms with Crippen molar-refractivity contribution in [3.8, 4) is 11.1 Å². The van der Waals surface area contributed by atoms with Crippen LogP contribution >= 0.6 is 0 Å². The van der Waals surface area contributed by atoms with Crippen LogP contribution < -0.4 is 5.32 Å². The summed E-state index contributed by atoms with van der Waals surface area (Å²) in [6.07, 6.45) is 3.30. The molecule has 5 nitrogen and oxygen atoms in total. The Morgan fingerprint density at radius 1 is 0.897 bits per heavy atom. The number of fused-ring (bicyclic) bond motifs is 3. The maximum atomic E-state index is 13.2. The topological polar surface area (TPSA) is 58.6 Å². The molecule has 6 heteroatoms. The van der Waals surface area contributed by atoms with Crippen LogP contribution in [-0.2, 0) is 19.7 Å². The molecule has 39 heavy (non-hydrogen) atoms. The summed E-state index contributed by atoms with van der Waals surface area (Å²) < 4.78 is 18.7. The summed E-state index contributed by atoms with van der Waals surface area (Å²) in [6.45, 7) is 3.08. The Morgan fingerprint density at radius 3 is 2.23 bits per heavy atom. The van der Waals surface area contributed by atoms with Crippen LogP contribution in [-0.4, -0.2) is 43.0 Å². The fourth-order valence-corrected chi connectivity index (χ4v) is 7.48. The number of anilines is 1. The first kappa shape index (κ1) is 24.5. The predicted octanol–water partition coefficient (Wildman–Crippen LogP) is 5.76. The fraction of sp³-hybridized carbons (Fsp3) is 0.394. The van der Waals surface area contributed by atoms with Crippen LogP contribution in [0.4, 0.5) is 10.1 Å². The molecule has 2 saturated heterocycles. The number of halogens is 1. The summed E-state index contributed by atoms with van der Waals surface area (Å²) in [5, 5.41) is 3.08. The second-order valence-corrected chi connectivity index (χ2v) is 11.8. The largest absolute Gasteiger partial charge is 0.381 e. The number of carbonyl (C=O) groups is 2. The van der Waals surface area contributed by atoms with Gasteiger partial charge in [0.15, 0.2) is 0 Å². The minimum absolute atomic E-state index is 0.0106. The second-order valence-electron chi connectivity index (χ2n) is 11.8. The number of carbonyl (C=O) groups excluding carboxylic acids is 2. The smallest absolute Gasteiger partial charge is 0.226 e. The van der Waals surface area contributed by atoms with Crippen molar-refractivity contribution >= 4 is 17.5 Å². The number of piperidine rings is 1. The van der Waals surface area contributed by atoms with Crippen LogP contribution in [0.5, 0.6) is 0 Å². The number of hydrogen-bond acceptors (Lipinski definition) is 3. The highest BCUT2D eigenvalue weighted by atomic mass is 19.1. The molecule has 3 fully saturated rings. The van der Waals surface area contributed by atoms with Gasteiger partial charge in [0.1, 0.15) is 5.82 Å². The van der Waals surface area contributed by atoms with Crippen molar-refractivity contribution in [3.05, 3.63) is 89.7 Å². The molecule has 2 amide bonds. The van der Waals surface area contributed by atoms with E-state index in [9.17, 15) is 14.0 Å². The molecule has 4 aliphatic rings. The van der Waals surface area contributed by atoms with Gasteiger partial charge in [0, 0.05) is 31.1 Å². The van der Waals surface area contributed by atoms with Crippen LogP contribution in [0.1, 0.15) is 42.7 Å². The van der Waals surface area contributed by atoms with Crippen LogP contribution in [0.2, 0.25) is 0 Å². The number of amides is 2. The molecule has 2 heterocycles. The van der Waals surface area contributed by atoms with Gasteiger partial charge in [-0.1, -0.05) is 48.5 Å². The van der Waals surface area contributed by atoms with E-state index in [0.717, 1.165) is 62.4 Å². The van der Waals surface area contributed by atoms with Crippen molar-refractivity contribution in [1.82, 2.24) is 4.90 Å². The molecule has 1 saturated carbocycles. The number of benzene rings is 3. The highest BCUT2D eigenvalue weighted by Gasteiger charge is 2.59. The van der Waals surface area contributed by atoms with Crippen molar-refractivity contribution in [2.75, 3.05) is 31.6 Å². The molecule has 1 N–H and O–H groups in total. The first-order valence-corrected chi connectivity index (χ1v) is 14.1. The highest BCUT2D eigenvalue weighted by Crippen LogP contribution is 2.55. The van der Waals surface area contributed by atoms with E-state index in [2.05, 4.69) is 34.5 Å². The Balaban J connectivity index is 0.996. The van der Waals surface area contributed by atoms with Gasteiger partial charge in [-0.25, -0.2) is 4.39 Å². The molecule has 2 unspecified atom stereocenters. The van der Waals surface area contributed by atoms with E-state index in [1.54, 1.807) is 12.1 Å². The van der Waals surface area contributed by atoms with Gasteiger partial charge in [-0.05, 0) is 89.0 Å². The zero-order chi connectivity index (χ0) is 26.6. The van der Waals surface area contributed by atoms with Crippen molar-refractivity contribution in [3.63, 3.8) is 0 Å². The van der Waals surface area contributed by atoms with Gasteiger partial charge >= 0.3 is 0 Å². The summed E-state index contributed by atoms with van der Waals surface area (Å²) in [7, 11) is 0. The summed E-state index contributed by atoms with van der Waals surface area (Å²) >= 11 is 0. The first-order chi connectivity index (χ1) is 19.0. The van der Waals surface area contributed by atoms with E-state index >= 15 is 0 Å². The molecular formula is C33H33FN2O3. The van der Waals surface area contributed by atoms with Crippen molar-refractivity contribution in [2.24, 2.45) is 17.8 Å². The zero-order valence-corrected chi connectivity index (χ0v) is 21.9. The van der Waals surface area contributed by atoms with Crippen molar-refractivity contribution < 1.29 is 18.7 Å². The summed E-state index contributed by atoms with van der Waals surface area (Å²) in [6, 6.07) is 22.7. The lowest BCUT2D eigenvalue weighted by Gasteiger charge is -2.40. The third-order valence-corrected chi connectivity index (χ3v) is 9.66. The summed E-state index contributed by atoms with van der Waals surface area (Å²) in [4.78, 5) is 28.4. The van der Waals surface area contributed by atoms with Gasteiger partial charge in [0.2, 0.25) is 11.8 Å². The molecule has 2 aliphatic carbocycles. The normalized spacial score (nSPS) is 26.2. The number of nitrogens with one attached hydrogen (secondary N) is 1. The average Bonchev–Trinajstić information content (AvgIpc) is 3.28. The van der Waals surface area contributed by atoms with Crippen LogP contribution in [0.15, 0.2) is 72.8 Å². The van der Waals surface area contributed by atoms with E-state index in [0.29, 0.717) is 24.2 Å². The molecule has 1 spiro atoms. The lowest BCUT2D eigenvalue weighted by atomic mass is 9.73. The predicted molar refractivity (Wildman–Crippen MR) is 148 cm³/mol. The lowest BCUT2D eigenvalue weighted by molar-refractivity contribution is -0.135. The standard InChI is InChI=1S/C33H33FN2O3/c34-24-9-5-21(6-10-24)22-7-11-25(12-8-22)35-30(37)17-23-18-33(29-4-2-1-3-26(23)29)13-15-36(16-14-33)32(38)31-27-19-39-20-28(27)31/h1-12,23,27-28,31H,13-20H2,(H,35,37)/t23?,27-,28+,31?. The average molecular weight is 525 g/mol. The number of nitrogens with zero attached hydrogens (tertiary/aromatic N) is 1. The summed E-state index contributed by atoms with van der Waals surface area (Å²) in [5.74, 6) is 1.33. The molecule has 4 atom stereocenters. The third kappa shape index (κ3) is 4.45. The Morgan fingerprint density at radius 2 is 1.54 bits per heavy atom. The van der Waals surface area contributed by atoms with Gasteiger partial charge in [-0.3, -0.25) is 9.59 Å². The van der Waals surface area contributed by atoms with E-state index in [1.807, 2.05) is 24.3 Å². The maximum absolute atomic E-state index is 13.2. The third-order valence-electron chi connectivity index (χ3n) is 9.66. The molecule has 3 aromatic carbocycles. The van der Waals surface area contributed by atoms with Gasteiger partial charge in [0.25, 0.3) is 0 Å². The minimum Gasteiger partial charge on any atom is -0.381 e. The number of ether oxygens (including phenoxy) is 1. The molecule has 200 valence electrons. The molecule has 2 aliphatic heterocycles. The molecule has 3 aromatic rings.